The molecule has 8 nitrogen and oxygen atoms in total. The molecule has 0 aromatic carbocycles. The van der Waals surface area contributed by atoms with Gasteiger partial charge in [0.2, 0.25) is 0 Å². The smallest absolute Gasteiger partial charge is 0.861 e. The summed E-state index contributed by atoms with van der Waals surface area (Å²) in [5, 5.41) is 14.8. The van der Waals surface area contributed by atoms with Gasteiger partial charge in [-0.15, -0.1) is 9.05 Å². The van der Waals surface area contributed by atoms with Gasteiger partial charge in [0.1, 0.15) is 0 Å². The third-order valence-electron chi connectivity index (χ3n) is 0.321. The van der Waals surface area contributed by atoms with Gasteiger partial charge in [-0.05, 0) is 6.92 Å². The van der Waals surface area contributed by atoms with Crippen molar-refractivity contribution in [1.82, 2.24) is 0 Å². The fourth-order valence-corrected chi connectivity index (χ4v) is 0.530. The predicted octanol–water partition coefficient (Wildman–Crippen LogP) is -3.70. The van der Waals surface area contributed by atoms with Gasteiger partial charge in [-0.3, -0.25) is 0 Å². The van der Waals surface area contributed by atoms with Crippen molar-refractivity contribution in [3.63, 3.8) is 0 Å². The number of rotatable bonds is 2. The van der Waals surface area contributed by atoms with Crippen molar-refractivity contribution >= 4 is 9.05 Å². The van der Waals surface area contributed by atoms with E-state index >= 15 is 0 Å². The van der Waals surface area contributed by atoms with Gasteiger partial charge in [-0.1, -0.05) is 0 Å². The predicted molar refractivity (Wildman–Crippen MR) is 27.7 cm³/mol. The van der Waals surface area contributed by atoms with Gasteiger partial charge in [0.05, 0.1) is 5.09 Å². The van der Waals surface area contributed by atoms with Crippen LogP contribution in [-0.2, 0) is 4.43 Å². The molecule has 0 saturated carbocycles. The molecular weight excluding hydrogens is 318 g/mol. The van der Waals surface area contributed by atoms with Gasteiger partial charge in [0.15, 0.2) is 0 Å². The average molecular weight is 323 g/mol. The minimum atomic E-state index is -4.91. The first kappa shape index (κ1) is 18.4. The molecule has 0 atom stereocenters. The van der Waals surface area contributed by atoms with E-state index in [9.17, 15) is 14.4 Å². The molecule has 12 heavy (non-hydrogen) atoms. The summed E-state index contributed by atoms with van der Waals surface area (Å²) in [5.41, 5.74) is 0. The van der Waals surface area contributed by atoms with Gasteiger partial charge in [-0.25, -0.2) is 0 Å². The van der Waals surface area contributed by atoms with Crippen molar-refractivity contribution in [3.8, 4) is 0 Å². The molecule has 0 aliphatic heterocycles. The van der Waals surface area contributed by atoms with Crippen LogP contribution in [0, 0.1) is 57.1 Å². The summed E-state index contributed by atoms with van der Waals surface area (Å²) in [6.45, 7) is 1.37. The van der Waals surface area contributed by atoms with E-state index in [1.165, 1.54) is 6.92 Å². The fraction of sp³-hybridized carbons (Fsp3) is 1.00. The van der Waals surface area contributed by atoms with Crippen LogP contribution in [0.2, 0.25) is 0 Å². The monoisotopic (exact) mass is 323 g/mol. The Labute approximate surface area is 103 Å². The van der Waals surface area contributed by atoms with Crippen molar-refractivity contribution in [2.24, 2.45) is 0 Å². The molecular formula is C2H5CeNO7Si. The van der Waals surface area contributed by atoms with Gasteiger partial charge in [-0.2, -0.15) is 0 Å². The minimum Gasteiger partial charge on any atom is -0.861 e. The maximum absolute atomic E-state index is 9.51. The maximum Gasteiger partial charge on any atom is 4.00 e. The molecule has 0 amide bonds. The van der Waals surface area contributed by atoms with E-state index in [1.807, 2.05) is 0 Å². The second kappa shape index (κ2) is 9.72. The van der Waals surface area contributed by atoms with Crippen molar-refractivity contribution in [3.05, 3.63) is 15.3 Å². The third kappa shape index (κ3) is 46.0. The summed E-state index contributed by atoms with van der Waals surface area (Å²) in [7, 11) is -4.91. The zero-order chi connectivity index (χ0) is 9.49. The zero-order valence-electron chi connectivity index (χ0n) is 6.01. The second-order valence-corrected chi connectivity index (χ2v) is 2.45. The van der Waals surface area contributed by atoms with Crippen LogP contribution in [0.1, 0.15) is 6.92 Å². The van der Waals surface area contributed by atoms with Gasteiger partial charge in [0.25, 0.3) is 0 Å². The molecule has 0 aromatic heterocycles. The molecule has 10 heteroatoms. The van der Waals surface area contributed by atoms with Gasteiger partial charge >= 0.3 is 41.7 Å². The first-order chi connectivity index (χ1) is 4.79. The van der Waals surface area contributed by atoms with E-state index < -0.39 is 14.1 Å². The minimum absolute atomic E-state index is 0. The van der Waals surface area contributed by atoms with Crippen molar-refractivity contribution in [2.75, 3.05) is 6.61 Å². The Balaban J connectivity index is -0.000000142. The van der Waals surface area contributed by atoms with E-state index in [-0.39, 0.29) is 48.4 Å². The van der Waals surface area contributed by atoms with E-state index in [1.54, 1.807) is 0 Å². The molecule has 68 valence electrons. The quantitative estimate of drug-likeness (QED) is 0.289. The molecule has 0 heterocycles. The molecule has 0 aliphatic carbocycles. The molecule has 0 saturated heterocycles. The van der Waals surface area contributed by atoms with Crippen LogP contribution in [0.3, 0.4) is 0 Å². The Morgan fingerprint density at radius 1 is 1.33 bits per heavy atom. The van der Waals surface area contributed by atoms with E-state index in [0.717, 1.165) is 0 Å². The first-order valence-corrected chi connectivity index (χ1v) is 3.99. The molecule has 0 fully saturated rings. The van der Waals surface area contributed by atoms with Gasteiger partial charge in [0, 0.05) is 6.61 Å². The number of hydrogen-bond donors (Lipinski definition) is 0. The Morgan fingerprint density at radius 3 is 1.58 bits per heavy atom. The SMILES string of the molecule is CCO[Si]([O-])([O-])[O-].O=[N+]([O-])[O-].[Ce+4]. The molecule has 0 radical (unpaired) electrons. The zero-order valence-corrected chi connectivity index (χ0v) is 10.2. The van der Waals surface area contributed by atoms with Crippen LogP contribution in [0.15, 0.2) is 0 Å². The fourth-order valence-electron chi connectivity index (χ4n) is 0.177. The van der Waals surface area contributed by atoms with Crippen LogP contribution in [-0.4, -0.2) is 20.7 Å². The topological polar surface area (TPSA) is 145 Å². The molecule has 0 N–H and O–H groups in total. The van der Waals surface area contributed by atoms with Crippen LogP contribution in [0.5, 0.6) is 0 Å². The number of nitrogens with zero attached hydrogens (tertiary/aromatic N) is 1. The van der Waals surface area contributed by atoms with Crippen molar-refractivity contribution in [2.45, 2.75) is 6.92 Å². The summed E-state index contributed by atoms with van der Waals surface area (Å²) in [6, 6.07) is 0. The van der Waals surface area contributed by atoms with Crippen LogP contribution >= 0.6 is 0 Å². The standard InChI is InChI=1S/C2H5O4Si.Ce.NO3/c1-2-6-7(3,4)5;;2-1(3)4/h2H2,1H3;;/q-3;+4;-1. The van der Waals surface area contributed by atoms with Crippen molar-refractivity contribution < 1.29 is 65.6 Å². The van der Waals surface area contributed by atoms with E-state index in [0.29, 0.717) is 0 Å². The summed E-state index contributed by atoms with van der Waals surface area (Å²) >= 11 is 0. The second-order valence-electron chi connectivity index (χ2n) is 1.16. The van der Waals surface area contributed by atoms with Crippen LogP contribution < -0.4 is 14.4 Å². The summed E-state index contributed by atoms with van der Waals surface area (Å²) in [5.74, 6) is 0. The third-order valence-corrected chi connectivity index (χ3v) is 0.963. The maximum atomic E-state index is 9.51. The van der Waals surface area contributed by atoms with Crippen LogP contribution in [0.4, 0.5) is 0 Å². The molecule has 0 aliphatic rings. The molecule has 0 spiro atoms. The number of hydrogen-bond acceptors (Lipinski definition) is 7. The Morgan fingerprint density at radius 2 is 1.58 bits per heavy atom. The Bertz CT molecular complexity index is 110. The Hall–Kier alpha value is 0.634. The summed E-state index contributed by atoms with van der Waals surface area (Å²) in [6.07, 6.45) is 0. The Kier molecular flexibility index (Phi) is 14.9. The normalized spacial score (nSPS) is 9.00. The molecule has 0 aromatic rings. The summed E-state index contributed by atoms with van der Waals surface area (Å²) in [4.78, 5) is 36.8. The van der Waals surface area contributed by atoms with Crippen molar-refractivity contribution in [1.29, 1.82) is 0 Å². The van der Waals surface area contributed by atoms with Crippen LogP contribution in [0.25, 0.3) is 0 Å². The summed E-state index contributed by atoms with van der Waals surface area (Å²) < 4.78 is 3.70. The first-order valence-electron chi connectivity index (χ1n) is 2.36. The molecule has 0 rings (SSSR count). The largest absolute Gasteiger partial charge is 4.00 e. The molecule has 0 bridgehead atoms. The van der Waals surface area contributed by atoms with E-state index in [2.05, 4.69) is 4.43 Å². The molecule has 0 unspecified atom stereocenters. The average Bonchev–Trinajstić information content (AvgIpc) is 1.58. The van der Waals surface area contributed by atoms with Gasteiger partial charge < -0.3 is 34.1 Å². The van der Waals surface area contributed by atoms with E-state index in [4.69, 9.17) is 15.3 Å².